The van der Waals surface area contributed by atoms with Gasteiger partial charge in [-0.2, -0.15) is 12.7 Å². The standard InChI is InChI=1S/C15H30N2O4S/c1-13-11-17(12-14(2)21-13)22(18,19)16-9-6-10-20-15-7-4-3-5-8-15/h13-16H,3-12H2,1-2H3. The van der Waals surface area contributed by atoms with Gasteiger partial charge in [0.25, 0.3) is 10.2 Å². The van der Waals surface area contributed by atoms with E-state index in [1.165, 1.54) is 23.6 Å². The number of rotatable bonds is 7. The first-order valence-electron chi connectivity index (χ1n) is 8.49. The van der Waals surface area contributed by atoms with Gasteiger partial charge in [-0.1, -0.05) is 19.3 Å². The highest BCUT2D eigenvalue weighted by Gasteiger charge is 2.30. The molecule has 2 unspecified atom stereocenters. The molecule has 2 rings (SSSR count). The molecule has 0 aromatic rings. The van der Waals surface area contributed by atoms with E-state index in [-0.39, 0.29) is 12.2 Å². The molecule has 0 amide bonds. The van der Waals surface area contributed by atoms with Gasteiger partial charge in [-0.15, -0.1) is 0 Å². The molecule has 1 aliphatic heterocycles. The van der Waals surface area contributed by atoms with E-state index in [0.29, 0.717) is 38.8 Å². The molecule has 0 aromatic heterocycles. The van der Waals surface area contributed by atoms with Crippen molar-refractivity contribution in [2.45, 2.75) is 70.7 Å². The topological polar surface area (TPSA) is 67.9 Å². The van der Waals surface area contributed by atoms with Crippen LogP contribution in [-0.4, -0.2) is 57.3 Å². The largest absolute Gasteiger partial charge is 0.378 e. The predicted molar refractivity (Wildman–Crippen MR) is 85.9 cm³/mol. The predicted octanol–water partition coefficient (Wildman–Crippen LogP) is 1.67. The molecule has 0 spiro atoms. The van der Waals surface area contributed by atoms with Crippen molar-refractivity contribution in [1.29, 1.82) is 0 Å². The number of nitrogens with zero attached hydrogens (tertiary/aromatic N) is 1. The van der Waals surface area contributed by atoms with Gasteiger partial charge in [-0.3, -0.25) is 0 Å². The summed E-state index contributed by atoms with van der Waals surface area (Å²) in [6.07, 6.45) is 7.09. The molecular formula is C15H30N2O4S. The third-order valence-corrected chi connectivity index (χ3v) is 5.78. The van der Waals surface area contributed by atoms with Crippen LogP contribution in [0.25, 0.3) is 0 Å². The van der Waals surface area contributed by atoms with Crippen molar-refractivity contribution >= 4 is 10.2 Å². The first-order valence-corrected chi connectivity index (χ1v) is 9.93. The Bertz CT molecular complexity index is 413. The van der Waals surface area contributed by atoms with Crippen molar-refractivity contribution in [3.05, 3.63) is 0 Å². The third kappa shape index (κ3) is 5.77. The molecule has 0 bridgehead atoms. The van der Waals surface area contributed by atoms with Gasteiger partial charge in [0.1, 0.15) is 0 Å². The molecule has 0 radical (unpaired) electrons. The molecule has 1 saturated heterocycles. The Morgan fingerprint density at radius 3 is 2.41 bits per heavy atom. The summed E-state index contributed by atoms with van der Waals surface area (Å²) in [7, 11) is -3.41. The van der Waals surface area contributed by atoms with Gasteiger partial charge in [0.15, 0.2) is 0 Å². The van der Waals surface area contributed by atoms with Crippen LogP contribution in [0.2, 0.25) is 0 Å². The Kier molecular flexibility index (Phi) is 7.08. The number of hydrogen-bond donors (Lipinski definition) is 1. The molecule has 7 heteroatoms. The second kappa shape index (κ2) is 8.59. The van der Waals surface area contributed by atoms with Gasteiger partial charge in [0, 0.05) is 26.2 Å². The fraction of sp³-hybridized carbons (Fsp3) is 1.00. The molecule has 1 heterocycles. The van der Waals surface area contributed by atoms with E-state index in [2.05, 4.69) is 4.72 Å². The molecule has 2 fully saturated rings. The molecule has 130 valence electrons. The van der Waals surface area contributed by atoms with Crippen LogP contribution in [0.5, 0.6) is 0 Å². The number of morpholine rings is 1. The molecule has 1 aliphatic carbocycles. The van der Waals surface area contributed by atoms with Crippen molar-refractivity contribution in [1.82, 2.24) is 9.03 Å². The summed E-state index contributed by atoms with van der Waals surface area (Å²) in [6.45, 7) is 5.68. The Hall–Kier alpha value is -0.210. The summed E-state index contributed by atoms with van der Waals surface area (Å²) in [4.78, 5) is 0. The second-order valence-corrected chi connectivity index (χ2v) is 8.21. The van der Waals surface area contributed by atoms with E-state index in [0.717, 1.165) is 12.8 Å². The third-order valence-electron chi connectivity index (χ3n) is 4.24. The Balaban J connectivity index is 1.64. The molecular weight excluding hydrogens is 304 g/mol. The van der Waals surface area contributed by atoms with E-state index in [1.807, 2.05) is 13.8 Å². The summed E-state index contributed by atoms with van der Waals surface area (Å²) in [5.74, 6) is 0. The van der Waals surface area contributed by atoms with Crippen molar-refractivity contribution in [3.8, 4) is 0 Å². The van der Waals surface area contributed by atoms with Crippen LogP contribution < -0.4 is 4.72 Å². The van der Waals surface area contributed by atoms with E-state index >= 15 is 0 Å². The average Bonchev–Trinajstić information content (AvgIpc) is 2.47. The van der Waals surface area contributed by atoms with Crippen LogP contribution in [0, 0.1) is 0 Å². The summed E-state index contributed by atoms with van der Waals surface area (Å²) in [5, 5.41) is 0. The lowest BCUT2D eigenvalue weighted by Gasteiger charge is -2.34. The quantitative estimate of drug-likeness (QED) is 0.719. The molecule has 1 N–H and O–H groups in total. The second-order valence-electron chi connectivity index (χ2n) is 6.46. The highest BCUT2D eigenvalue weighted by Crippen LogP contribution is 2.20. The van der Waals surface area contributed by atoms with Crippen LogP contribution >= 0.6 is 0 Å². The molecule has 0 aromatic carbocycles. The lowest BCUT2D eigenvalue weighted by molar-refractivity contribution is -0.0444. The zero-order chi connectivity index (χ0) is 16.0. The average molecular weight is 334 g/mol. The lowest BCUT2D eigenvalue weighted by atomic mass is 9.98. The number of nitrogens with one attached hydrogen (secondary N) is 1. The maximum absolute atomic E-state index is 12.3. The summed E-state index contributed by atoms with van der Waals surface area (Å²) in [5.41, 5.74) is 0. The Morgan fingerprint density at radius 2 is 1.77 bits per heavy atom. The van der Waals surface area contributed by atoms with Crippen molar-refractivity contribution < 1.29 is 17.9 Å². The van der Waals surface area contributed by atoms with Gasteiger partial charge in [-0.05, 0) is 33.1 Å². The first-order chi connectivity index (χ1) is 10.5. The minimum atomic E-state index is -3.41. The summed E-state index contributed by atoms with van der Waals surface area (Å²) < 4.78 is 40.0. The molecule has 1 saturated carbocycles. The maximum Gasteiger partial charge on any atom is 0.279 e. The molecule has 6 nitrogen and oxygen atoms in total. The fourth-order valence-corrected chi connectivity index (χ4v) is 4.57. The van der Waals surface area contributed by atoms with Crippen LogP contribution in [0.15, 0.2) is 0 Å². The highest BCUT2D eigenvalue weighted by molar-refractivity contribution is 7.87. The zero-order valence-electron chi connectivity index (χ0n) is 13.8. The van der Waals surface area contributed by atoms with Crippen LogP contribution in [0.1, 0.15) is 52.4 Å². The smallest absolute Gasteiger partial charge is 0.279 e. The minimum Gasteiger partial charge on any atom is -0.378 e. The normalized spacial score (nSPS) is 28.8. The number of hydrogen-bond acceptors (Lipinski definition) is 4. The van der Waals surface area contributed by atoms with E-state index in [9.17, 15) is 8.42 Å². The van der Waals surface area contributed by atoms with Crippen molar-refractivity contribution in [2.75, 3.05) is 26.2 Å². The van der Waals surface area contributed by atoms with Gasteiger partial charge < -0.3 is 9.47 Å². The maximum atomic E-state index is 12.3. The molecule has 2 atom stereocenters. The summed E-state index contributed by atoms with van der Waals surface area (Å²) >= 11 is 0. The van der Waals surface area contributed by atoms with Gasteiger partial charge in [0.2, 0.25) is 0 Å². The van der Waals surface area contributed by atoms with Crippen LogP contribution in [-0.2, 0) is 19.7 Å². The van der Waals surface area contributed by atoms with Gasteiger partial charge in [0.05, 0.1) is 18.3 Å². The zero-order valence-corrected chi connectivity index (χ0v) is 14.6. The number of ether oxygens (including phenoxy) is 2. The van der Waals surface area contributed by atoms with Gasteiger partial charge in [-0.25, -0.2) is 4.72 Å². The Labute approximate surface area is 134 Å². The van der Waals surface area contributed by atoms with Crippen LogP contribution in [0.4, 0.5) is 0 Å². The molecule has 2 aliphatic rings. The van der Waals surface area contributed by atoms with Gasteiger partial charge >= 0.3 is 0 Å². The fourth-order valence-electron chi connectivity index (χ4n) is 3.17. The highest BCUT2D eigenvalue weighted by atomic mass is 32.2. The van der Waals surface area contributed by atoms with Crippen molar-refractivity contribution in [3.63, 3.8) is 0 Å². The van der Waals surface area contributed by atoms with E-state index in [4.69, 9.17) is 9.47 Å². The molecule has 22 heavy (non-hydrogen) atoms. The lowest BCUT2D eigenvalue weighted by Crippen LogP contribution is -2.52. The van der Waals surface area contributed by atoms with Crippen LogP contribution in [0.3, 0.4) is 0 Å². The van der Waals surface area contributed by atoms with Crippen molar-refractivity contribution in [2.24, 2.45) is 0 Å². The van der Waals surface area contributed by atoms with E-state index in [1.54, 1.807) is 0 Å². The van der Waals surface area contributed by atoms with E-state index < -0.39 is 10.2 Å². The SMILES string of the molecule is CC1CN(S(=O)(=O)NCCCOC2CCCCC2)CC(C)O1. The monoisotopic (exact) mass is 334 g/mol. The summed E-state index contributed by atoms with van der Waals surface area (Å²) in [6, 6.07) is 0. The first kappa shape index (κ1) is 18.1. The Morgan fingerprint density at radius 1 is 1.14 bits per heavy atom. The minimum absolute atomic E-state index is 0.0602.